The Balaban J connectivity index is 1.14. The van der Waals surface area contributed by atoms with Gasteiger partial charge in [-0.3, -0.25) is 9.69 Å². The van der Waals surface area contributed by atoms with Gasteiger partial charge in [-0.05, 0) is 62.2 Å². The number of benzene rings is 2. The number of hydrogen-bond donors (Lipinski definition) is 2. The zero-order chi connectivity index (χ0) is 21.3. The molecule has 2 aliphatic carbocycles. The van der Waals surface area contributed by atoms with Crippen molar-refractivity contribution in [3.05, 3.63) is 65.7 Å². The number of aromatic hydroxyl groups is 1. The Morgan fingerprint density at radius 3 is 2.35 bits per heavy atom. The van der Waals surface area contributed by atoms with Gasteiger partial charge in [-0.25, -0.2) is 0 Å². The molecule has 1 amide bonds. The molecule has 1 heterocycles. The van der Waals surface area contributed by atoms with Crippen molar-refractivity contribution in [2.45, 2.75) is 56.9 Å². The molecule has 0 aromatic heterocycles. The Morgan fingerprint density at radius 1 is 0.968 bits per heavy atom. The van der Waals surface area contributed by atoms with Gasteiger partial charge in [-0.15, -0.1) is 0 Å². The highest BCUT2D eigenvalue weighted by atomic mass is 16.3. The highest BCUT2D eigenvalue weighted by molar-refractivity contribution is 5.82. The predicted molar refractivity (Wildman–Crippen MR) is 123 cm³/mol. The van der Waals surface area contributed by atoms with Gasteiger partial charge in [0.2, 0.25) is 5.91 Å². The Labute approximate surface area is 185 Å². The van der Waals surface area contributed by atoms with Crippen molar-refractivity contribution in [3.8, 4) is 5.75 Å². The number of nitrogens with zero attached hydrogens (tertiary/aromatic N) is 1. The SMILES string of the molecule is O=C(NCC1(c2ccccc2)CCCC1)[C@@H]1CC12CCN(Cc1ccccc1O)CC2. The summed E-state index contributed by atoms with van der Waals surface area (Å²) in [6.07, 6.45) is 8.07. The fourth-order valence-electron chi connectivity index (χ4n) is 6.10. The first kappa shape index (κ1) is 20.6. The predicted octanol–water partition coefficient (Wildman–Crippen LogP) is 4.62. The summed E-state index contributed by atoms with van der Waals surface area (Å²) in [5.74, 6) is 0.844. The van der Waals surface area contributed by atoms with E-state index in [1.807, 2.05) is 18.2 Å². The summed E-state index contributed by atoms with van der Waals surface area (Å²) < 4.78 is 0. The second-order valence-electron chi connectivity index (χ2n) is 10.1. The second-order valence-corrected chi connectivity index (χ2v) is 10.1. The van der Waals surface area contributed by atoms with Crippen molar-refractivity contribution in [2.24, 2.45) is 11.3 Å². The van der Waals surface area contributed by atoms with Gasteiger partial charge in [0.05, 0.1) is 0 Å². The average Bonchev–Trinajstić information content (AvgIpc) is 3.28. The lowest BCUT2D eigenvalue weighted by atomic mass is 9.78. The minimum Gasteiger partial charge on any atom is -0.508 e. The van der Waals surface area contributed by atoms with E-state index in [1.165, 1.54) is 31.2 Å². The number of phenols is 1. The van der Waals surface area contributed by atoms with Crippen molar-refractivity contribution in [2.75, 3.05) is 19.6 Å². The first-order valence-electron chi connectivity index (χ1n) is 11.9. The molecule has 0 radical (unpaired) electrons. The number of carbonyl (C=O) groups excluding carboxylic acids is 1. The molecule has 0 bridgehead atoms. The van der Waals surface area contributed by atoms with E-state index in [2.05, 4.69) is 40.5 Å². The zero-order valence-corrected chi connectivity index (χ0v) is 18.4. The molecular weight excluding hydrogens is 384 g/mol. The van der Waals surface area contributed by atoms with Crippen LogP contribution in [0.2, 0.25) is 0 Å². The number of piperidine rings is 1. The zero-order valence-electron chi connectivity index (χ0n) is 18.4. The van der Waals surface area contributed by atoms with E-state index in [0.717, 1.165) is 51.0 Å². The second kappa shape index (κ2) is 8.31. The highest BCUT2D eigenvalue weighted by Crippen LogP contribution is 2.59. The minimum atomic E-state index is 0.125. The van der Waals surface area contributed by atoms with E-state index in [0.29, 0.717) is 5.75 Å². The number of hydrogen-bond acceptors (Lipinski definition) is 3. The molecule has 2 N–H and O–H groups in total. The number of amides is 1. The summed E-state index contributed by atoms with van der Waals surface area (Å²) in [5.41, 5.74) is 2.72. The molecule has 1 atom stereocenters. The Bertz CT molecular complexity index is 912. The normalized spacial score (nSPS) is 24.2. The van der Waals surface area contributed by atoms with Crippen LogP contribution >= 0.6 is 0 Å². The van der Waals surface area contributed by atoms with E-state index in [1.54, 1.807) is 6.07 Å². The molecule has 31 heavy (non-hydrogen) atoms. The maximum atomic E-state index is 13.1. The van der Waals surface area contributed by atoms with Crippen LogP contribution in [0, 0.1) is 11.3 Å². The quantitative estimate of drug-likeness (QED) is 0.720. The number of phenolic OH excluding ortho intramolecular Hbond substituents is 1. The number of nitrogens with one attached hydrogen (secondary N) is 1. The summed E-state index contributed by atoms with van der Waals surface area (Å²) in [6.45, 7) is 3.58. The third-order valence-electron chi connectivity index (χ3n) is 8.29. The lowest BCUT2D eigenvalue weighted by Gasteiger charge is -2.33. The Hall–Kier alpha value is -2.33. The van der Waals surface area contributed by atoms with Crippen molar-refractivity contribution in [1.29, 1.82) is 0 Å². The molecule has 1 aliphatic heterocycles. The standard InChI is InChI=1S/C27H34N2O2/c30-24-11-5-4-8-21(24)19-29-16-14-26(15-17-29)18-23(26)25(31)28-20-27(12-6-7-13-27)22-9-2-1-3-10-22/h1-5,8-11,23,30H,6-7,12-20H2,(H,28,31)/t23-/m0/s1. The molecule has 2 saturated carbocycles. The monoisotopic (exact) mass is 418 g/mol. The van der Waals surface area contributed by atoms with Crippen LogP contribution in [0.3, 0.4) is 0 Å². The lowest BCUT2D eigenvalue weighted by Crippen LogP contribution is -2.41. The molecule has 1 spiro atoms. The molecule has 164 valence electrons. The molecule has 3 aliphatic rings. The molecule has 3 fully saturated rings. The van der Waals surface area contributed by atoms with Gasteiger partial charge >= 0.3 is 0 Å². The maximum Gasteiger partial charge on any atom is 0.223 e. The Morgan fingerprint density at radius 2 is 1.65 bits per heavy atom. The van der Waals surface area contributed by atoms with Crippen molar-refractivity contribution >= 4 is 5.91 Å². The third kappa shape index (κ3) is 4.10. The topological polar surface area (TPSA) is 52.6 Å². The highest BCUT2D eigenvalue weighted by Gasteiger charge is 2.58. The van der Waals surface area contributed by atoms with Gasteiger partial charge in [-0.2, -0.15) is 0 Å². The minimum absolute atomic E-state index is 0.125. The first-order chi connectivity index (χ1) is 15.1. The molecule has 2 aromatic rings. The van der Waals surface area contributed by atoms with Gasteiger partial charge in [-0.1, -0.05) is 61.4 Å². The fourth-order valence-corrected chi connectivity index (χ4v) is 6.10. The van der Waals surface area contributed by atoms with Gasteiger partial charge in [0.1, 0.15) is 5.75 Å². The van der Waals surface area contributed by atoms with Crippen LogP contribution in [0.15, 0.2) is 54.6 Å². The van der Waals surface area contributed by atoms with Crippen LogP contribution in [-0.4, -0.2) is 35.5 Å². The van der Waals surface area contributed by atoms with Crippen LogP contribution < -0.4 is 5.32 Å². The van der Waals surface area contributed by atoms with Gasteiger partial charge in [0.15, 0.2) is 0 Å². The van der Waals surface area contributed by atoms with E-state index in [9.17, 15) is 9.90 Å². The Kier molecular flexibility index (Phi) is 5.51. The molecule has 0 unspecified atom stereocenters. The number of carbonyl (C=O) groups is 1. The van der Waals surface area contributed by atoms with Crippen LogP contribution in [-0.2, 0) is 16.8 Å². The van der Waals surface area contributed by atoms with Crippen LogP contribution in [0.25, 0.3) is 0 Å². The molecule has 4 nitrogen and oxygen atoms in total. The number of likely N-dealkylation sites (tertiary alicyclic amines) is 1. The summed E-state index contributed by atoms with van der Waals surface area (Å²) >= 11 is 0. The van der Waals surface area contributed by atoms with Crippen molar-refractivity contribution in [1.82, 2.24) is 10.2 Å². The van der Waals surface area contributed by atoms with Gasteiger partial charge in [0.25, 0.3) is 0 Å². The van der Waals surface area contributed by atoms with E-state index < -0.39 is 0 Å². The maximum absolute atomic E-state index is 13.1. The number of para-hydroxylation sites is 1. The summed E-state index contributed by atoms with van der Waals surface area (Å²) in [7, 11) is 0. The van der Waals surface area contributed by atoms with Crippen LogP contribution in [0.5, 0.6) is 5.75 Å². The fraction of sp³-hybridized carbons (Fsp3) is 0.519. The molecule has 1 saturated heterocycles. The van der Waals surface area contributed by atoms with Crippen LogP contribution in [0.4, 0.5) is 0 Å². The van der Waals surface area contributed by atoms with E-state index in [4.69, 9.17) is 0 Å². The summed E-state index contributed by atoms with van der Waals surface area (Å²) in [4.78, 5) is 15.5. The first-order valence-corrected chi connectivity index (χ1v) is 11.9. The molecular formula is C27H34N2O2. The van der Waals surface area contributed by atoms with Gasteiger partial charge in [0, 0.05) is 30.0 Å². The smallest absolute Gasteiger partial charge is 0.223 e. The average molecular weight is 419 g/mol. The molecule has 5 rings (SSSR count). The van der Waals surface area contributed by atoms with Crippen molar-refractivity contribution < 1.29 is 9.90 Å². The largest absolute Gasteiger partial charge is 0.508 e. The summed E-state index contributed by atoms with van der Waals surface area (Å²) in [5, 5.41) is 13.4. The van der Waals surface area contributed by atoms with E-state index in [-0.39, 0.29) is 22.7 Å². The van der Waals surface area contributed by atoms with Gasteiger partial charge < -0.3 is 10.4 Å². The van der Waals surface area contributed by atoms with Crippen molar-refractivity contribution in [3.63, 3.8) is 0 Å². The molecule has 2 aromatic carbocycles. The lowest BCUT2D eigenvalue weighted by molar-refractivity contribution is -0.123. The summed E-state index contributed by atoms with van der Waals surface area (Å²) in [6, 6.07) is 18.4. The number of rotatable bonds is 6. The molecule has 4 heteroatoms. The van der Waals surface area contributed by atoms with Crippen LogP contribution in [0.1, 0.15) is 56.1 Å². The van der Waals surface area contributed by atoms with E-state index >= 15 is 0 Å². The third-order valence-corrected chi connectivity index (χ3v) is 8.29.